The molecule has 3 nitrogen and oxygen atoms in total. The van der Waals surface area contributed by atoms with E-state index in [-0.39, 0.29) is 5.69 Å². The summed E-state index contributed by atoms with van der Waals surface area (Å²) in [5.41, 5.74) is -0.233. The Morgan fingerprint density at radius 2 is 2.10 bits per heavy atom. The van der Waals surface area contributed by atoms with E-state index in [1.54, 1.807) is 6.92 Å². The lowest BCUT2D eigenvalue weighted by Gasteiger charge is -2.14. The van der Waals surface area contributed by atoms with E-state index in [9.17, 15) is 18.0 Å². The maximum absolute atomic E-state index is 12.6. The number of anilines is 1. The van der Waals surface area contributed by atoms with Gasteiger partial charge >= 0.3 is 6.18 Å². The highest BCUT2D eigenvalue weighted by molar-refractivity contribution is 5.94. The molecule has 1 aromatic rings. The quantitative estimate of drug-likeness (QED) is 0.911. The second kappa shape index (κ2) is 6.42. The number of benzene rings is 1. The van der Waals surface area contributed by atoms with Gasteiger partial charge in [-0.3, -0.25) is 4.79 Å². The molecule has 0 spiro atoms. The molecular formula is C14H15F3N2O. The van der Waals surface area contributed by atoms with Crippen LogP contribution in [0.2, 0.25) is 0 Å². The Morgan fingerprint density at radius 1 is 1.45 bits per heavy atom. The lowest BCUT2D eigenvalue weighted by Crippen LogP contribution is -2.22. The molecule has 1 amide bonds. The van der Waals surface area contributed by atoms with Gasteiger partial charge in [-0.1, -0.05) is 19.4 Å². The summed E-state index contributed by atoms with van der Waals surface area (Å²) in [6.45, 7) is 3.42. The van der Waals surface area contributed by atoms with Gasteiger partial charge in [0, 0.05) is 5.69 Å². The molecule has 108 valence electrons. The fourth-order valence-corrected chi connectivity index (χ4v) is 1.70. The van der Waals surface area contributed by atoms with E-state index in [1.165, 1.54) is 6.07 Å². The summed E-state index contributed by atoms with van der Waals surface area (Å²) in [6, 6.07) is 4.98. The van der Waals surface area contributed by atoms with E-state index in [2.05, 4.69) is 5.32 Å². The smallest absolute Gasteiger partial charge is 0.325 e. The van der Waals surface area contributed by atoms with Crippen LogP contribution in [0.5, 0.6) is 0 Å². The van der Waals surface area contributed by atoms with Gasteiger partial charge in [-0.15, -0.1) is 0 Å². The van der Waals surface area contributed by atoms with Crippen LogP contribution in [-0.4, -0.2) is 5.91 Å². The number of alkyl halides is 3. The van der Waals surface area contributed by atoms with Gasteiger partial charge in [-0.25, -0.2) is 0 Å². The minimum Gasteiger partial charge on any atom is -0.325 e. The first-order chi connectivity index (χ1) is 9.29. The molecular weight excluding hydrogens is 269 g/mol. The first-order valence-electron chi connectivity index (χ1n) is 6.18. The monoisotopic (exact) mass is 284 g/mol. The topological polar surface area (TPSA) is 52.9 Å². The van der Waals surface area contributed by atoms with Gasteiger partial charge in [-0.2, -0.15) is 18.4 Å². The van der Waals surface area contributed by atoms with E-state index < -0.39 is 23.6 Å². The molecule has 1 atom stereocenters. The van der Waals surface area contributed by atoms with Crippen molar-refractivity contribution in [2.45, 2.75) is 32.9 Å². The van der Waals surface area contributed by atoms with Gasteiger partial charge in [0.15, 0.2) is 0 Å². The fourth-order valence-electron chi connectivity index (χ4n) is 1.70. The lowest BCUT2D eigenvalue weighted by molar-refractivity contribution is -0.137. The second-order valence-electron chi connectivity index (χ2n) is 4.49. The third-order valence-electron chi connectivity index (χ3n) is 2.87. The van der Waals surface area contributed by atoms with Crippen molar-refractivity contribution in [3.63, 3.8) is 0 Å². The highest BCUT2D eigenvalue weighted by Gasteiger charge is 2.31. The SMILES string of the molecule is CCCC(C#N)C(=O)Nc1cc(C(F)(F)F)ccc1C. The Hall–Kier alpha value is -2.03. The molecule has 1 unspecified atom stereocenters. The Labute approximate surface area is 115 Å². The fraction of sp³-hybridized carbons (Fsp3) is 0.429. The van der Waals surface area contributed by atoms with Crippen LogP contribution in [-0.2, 0) is 11.0 Å². The van der Waals surface area contributed by atoms with E-state index in [4.69, 9.17) is 5.26 Å². The van der Waals surface area contributed by atoms with Crippen molar-refractivity contribution in [3.8, 4) is 6.07 Å². The van der Waals surface area contributed by atoms with E-state index >= 15 is 0 Å². The number of carbonyl (C=O) groups excluding carboxylic acids is 1. The Bertz CT molecular complexity index is 532. The summed E-state index contributed by atoms with van der Waals surface area (Å²) in [5, 5.41) is 11.3. The van der Waals surface area contributed by atoms with Crippen LogP contribution in [0.25, 0.3) is 0 Å². The van der Waals surface area contributed by atoms with Crippen LogP contribution >= 0.6 is 0 Å². The molecule has 0 aliphatic rings. The number of rotatable bonds is 4. The molecule has 0 aromatic heterocycles. The average molecular weight is 284 g/mol. The van der Waals surface area contributed by atoms with Crippen molar-refractivity contribution < 1.29 is 18.0 Å². The zero-order valence-electron chi connectivity index (χ0n) is 11.2. The summed E-state index contributed by atoms with van der Waals surface area (Å²) in [4.78, 5) is 11.8. The number of hydrogen-bond acceptors (Lipinski definition) is 2. The van der Waals surface area contributed by atoms with Crippen molar-refractivity contribution in [3.05, 3.63) is 29.3 Å². The van der Waals surface area contributed by atoms with Crippen LogP contribution in [0, 0.1) is 24.2 Å². The largest absolute Gasteiger partial charge is 0.416 e. The molecule has 1 N–H and O–H groups in total. The van der Waals surface area contributed by atoms with Crippen LogP contribution < -0.4 is 5.32 Å². The predicted molar refractivity (Wildman–Crippen MR) is 68.8 cm³/mol. The summed E-state index contributed by atoms with van der Waals surface area (Å²) < 4.78 is 37.9. The van der Waals surface area contributed by atoms with Gasteiger partial charge in [-0.05, 0) is 31.0 Å². The minimum absolute atomic E-state index is 0.0844. The summed E-state index contributed by atoms with van der Waals surface area (Å²) in [5.74, 6) is -1.43. The summed E-state index contributed by atoms with van der Waals surface area (Å²) in [6.07, 6.45) is -3.45. The molecule has 6 heteroatoms. The second-order valence-corrected chi connectivity index (χ2v) is 4.49. The number of hydrogen-bond donors (Lipinski definition) is 1. The Kier molecular flexibility index (Phi) is 5.14. The van der Waals surface area contributed by atoms with E-state index in [0.29, 0.717) is 18.4 Å². The van der Waals surface area contributed by atoms with Crippen molar-refractivity contribution in [1.29, 1.82) is 5.26 Å². The number of nitrogens with one attached hydrogen (secondary N) is 1. The Morgan fingerprint density at radius 3 is 2.60 bits per heavy atom. The summed E-state index contributed by atoms with van der Waals surface area (Å²) in [7, 11) is 0. The maximum atomic E-state index is 12.6. The molecule has 0 heterocycles. The Balaban J connectivity index is 2.98. The number of nitrogens with zero attached hydrogens (tertiary/aromatic N) is 1. The molecule has 20 heavy (non-hydrogen) atoms. The number of carbonyl (C=O) groups is 1. The number of halogens is 3. The number of nitriles is 1. The maximum Gasteiger partial charge on any atom is 0.416 e. The van der Waals surface area contributed by atoms with Gasteiger partial charge in [0.25, 0.3) is 0 Å². The molecule has 1 rings (SSSR count). The van der Waals surface area contributed by atoms with Gasteiger partial charge in [0.05, 0.1) is 11.6 Å². The minimum atomic E-state index is -4.47. The highest BCUT2D eigenvalue weighted by atomic mass is 19.4. The van der Waals surface area contributed by atoms with Crippen LogP contribution in [0.1, 0.15) is 30.9 Å². The summed E-state index contributed by atoms with van der Waals surface area (Å²) >= 11 is 0. The lowest BCUT2D eigenvalue weighted by atomic mass is 10.0. The van der Waals surface area contributed by atoms with Crippen LogP contribution in [0.15, 0.2) is 18.2 Å². The first kappa shape index (κ1) is 16.0. The number of aryl methyl sites for hydroxylation is 1. The molecule has 0 aliphatic carbocycles. The van der Waals surface area contributed by atoms with Crippen molar-refractivity contribution >= 4 is 11.6 Å². The molecule has 0 fully saturated rings. The third-order valence-corrected chi connectivity index (χ3v) is 2.87. The normalized spacial score (nSPS) is 12.6. The first-order valence-corrected chi connectivity index (χ1v) is 6.18. The standard InChI is InChI=1S/C14H15F3N2O/c1-3-4-10(8-18)13(20)19-12-7-11(14(15,16)17)6-5-9(12)2/h5-7,10H,3-4H2,1-2H3,(H,19,20). The zero-order chi connectivity index (χ0) is 15.3. The molecule has 0 saturated heterocycles. The predicted octanol–water partition coefficient (Wildman–Crippen LogP) is 3.89. The zero-order valence-corrected chi connectivity index (χ0v) is 11.2. The van der Waals surface area contributed by atoms with E-state index in [0.717, 1.165) is 12.1 Å². The number of amides is 1. The highest BCUT2D eigenvalue weighted by Crippen LogP contribution is 2.32. The molecule has 1 aromatic carbocycles. The van der Waals surface area contributed by atoms with E-state index in [1.807, 2.05) is 13.0 Å². The van der Waals surface area contributed by atoms with Gasteiger partial charge in [0.2, 0.25) is 5.91 Å². The molecule has 0 aliphatic heterocycles. The van der Waals surface area contributed by atoms with Crippen LogP contribution in [0.3, 0.4) is 0 Å². The molecule has 0 saturated carbocycles. The van der Waals surface area contributed by atoms with Crippen molar-refractivity contribution in [1.82, 2.24) is 0 Å². The third kappa shape index (κ3) is 3.98. The van der Waals surface area contributed by atoms with Crippen molar-refractivity contribution in [2.24, 2.45) is 5.92 Å². The average Bonchev–Trinajstić information content (AvgIpc) is 2.37. The molecule has 0 bridgehead atoms. The van der Waals surface area contributed by atoms with Gasteiger partial charge in [0.1, 0.15) is 5.92 Å². The molecule has 0 radical (unpaired) electrons. The van der Waals surface area contributed by atoms with Crippen LogP contribution in [0.4, 0.5) is 18.9 Å². The van der Waals surface area contributed by atoms with Crippen molar-refractivity contribution in [2.75, 3.05) is 5.32 Å². The van der Waals surface area contributed by atoms with Gasteiger partial charge < -0.3 is 5.32 Å².